The van der Waals surface area contributed by atoms with Crippen molar-refractivity contribution in [1.82, 2.24) is 5.32 Å². The van der Waals surface area contributed by atoms with Crippen LogP contribution in [-0.4, -0.2) is 13.1 Å². The van der Waals surface area contributed by atoms with Gasteiger partial charge in [0.1, 0.15) is 0 Å². The fourth-order valence-corrected chi connectivity index (χ4v) is 1.78. The van der Waals surface area contributed by atoms with E-state index in [1.165, 1.54) is 24.1 Å². The van der Waals surface area contributed by atoms with Crippen molar-refractivity contribution in [3.8, 4) is 0 Å². The fraction of sp³-hybridized carbons (Fsp3) is 0.455. The minimum Gasteiger partial charge on any atom is -0.316 e. The van der Waals surface area contributed by atoms with Gasteiger partial charge in [0, 0.05) is 6.54 Å². The van der Waals surface area contributed by atoms with Crippen molar-refractivity contribution in [2.75, 3.05) is 13.1 Å². The third-order valence-electron chi connectivity index (χ3n) is 2.61. The van der Waals surface area contributed by atoms with E-state index in [1.54, 1.807) is 0 Å². The highest BCUT2D eigenvalue weighted by atomic mass is 14.9. The largest absolute Gasteiger partial charge is 0.316 e. The molecule has 0 amide bonds. The molecule has 0 bridgehead atoms. The van der Waals surface area contributed by atoms with Gasteiger partial charge in [0.2, 0.25) is 0 Å². The Kier molecular flexibility index (Phi) is 2.13. The van der Waals surface area contributed by atoms with E-state index in [4.69, 9.17) is 0 Å². The molecule has 0 aliphatic carbocycles. The summed E-state index contributed by atoms with van der Waals surface area (Å²) in [5.41, 5.74) is 2.84. The van der Waals surface area contributed by atoms with Crippen LogP contribution in [0.25, 0.3) is 0 Å². The third kappa shape index (κ3) is 1.51. The van der Waals surface area contributed by atoms with E-state index in [0.29, 0.717) is 0 Å². The van der Waals surface area contributed by atoms with E-state index >= 15 is 0 Å². The first kappa shape index (κ1) is 7.81. The summed E-state index contributed by atoms with van der Waals surface area (Å²) in [6, 6.07) is 8.92. The van der Waals surface area contributed by atoms with Crippen LogP contribution in [0.3, 0.4) is 0 Å². The highest BCUT2D eigenvalue weighted by Crippen LogP contribution is 2.21. The molecule has 1 aliphatic heterocycles. The zero-order valence-electron chi connectivity index (χ0n) is 7.51. The van der Waals surface area contributed by atoms with Crippen LogP contribution >= 0.6 is 0 Å². The Balaban J connectivity index is 2.17. The molecule has 1 saturated heterocycles. The summed E-state index contributed by atoms with van der Waals surface area (Å²) in [6.07, 6.45) is 1.29. The Morgan fingerprint density at radius 1 is 1.25 bits per heavy atom. The second-order valence-electron chi connectivity index (χ2n) is 3.60. The SMILES string of the molecule is Cc1ccc(C2CCNC2)cc1. The van der Waals surface area contributed by atoms with Gasteiger partial charge in [-0.1, -0.05) is 29.8 Å². The van der Waals surface area contributed by atoms with Crippen LogP contribution in [0.1, 0.15) is 23.5 Å². The third-order valence-corrected chi connectivity index (χ3v) is 2.61. The standard InChI is InChI=1S/C11H15N/c1-9-2-4-10(5-3-9)11-6-7-12-8-11/h2-5,11-12H,6-8H2,1H3. The molecule has 1 N–H and O–H groups in total. The normalized spacial score (nSPS) is 22.9. The van der Waals surface area contributed by atoms with Crippen molar-refractivity contribution in [2.45, 2.75) is 19.3 Å². The van der Waals surface area contributed by atoms with E-state index in [-0.39, 0.29) is 0 Å². The lowest BCUT2D eigenvalue weighted by Crippen LogP contribution is -2.07. The summed E-state index contributed by atoms with van der Waals surface area (Å²) in [5, 5.41) is 3.39. The van der Waals surface area contributed by atoms with Crippen LogP contribution in [0.15, 0.2) is 24.3 Å². The van der Waals surface area contributed by atoms with Gasteiger partial charge in [-0.05, 0) is 31.4 Å². The molecular formula is C11H15N. The van der Waals surface area contributed by atoms with Gasteiger partial charge < -0.3 is 5.32 Å². The lowest BCUT2D eigenvalue weighted by atomic mass is 9.98. The summed E-state index contributed by atoms with van der Waals surface area (Å²) in [6.45, 7) is 4.47. The molecule has 1 fully saturated rings. The Morgan fingerprint density at radius 2 is 2.00 bits per heavy atom. The van der Waals surface area contributed by atoms with Crippen molar-refractivity contribution >= 4 is 0 Å². The number of rotatable bonds is 1. The predicted molar refractivity (Wildman–Crippen MR) is 51.4 cm³/mol. The molecule has 1 heterocycles. The first-order valence-corrected chi connectivity index (χ1v) is 4.63. The van der Waals surface area contributed by atoms with E-state index < -0.39 is 0 Å². The molecule has 12 heavy (non-hydrogen) atoms. The van der Waals surface area contributed by atoms with Gasteiger partial charge in [-0.25, -0.2) is 0 Å². The van der Waals surface area contributed by atoms with Crippen LogP contribution < -0.4 is 5.32 Å². The van der Waals surface area contributed by atoms with E-state index in [0.717, 1.165) is 12.5 Å². The molecule has 64 valence electrons. The summed E-state index contributed by atoms with van der Waals surface area (Å²) in [4.78, 5) is 0. The number of hydrogen-bond donors (Lipinski definition) is 1. The molecule has 1 nitrogen and oxygen atoms in total. The smallest absolute Gasteiger partial charge is 0.00206 e. The van der Waals surface area contributed by atoms with E-state index in [9.17, 15) is 0 Å². The lowest BCUT2D eigenvalue weighted by molar-refractivity contribution is 0.763. The van der Waals surface area contributed by atoms with Crippen molar-refractivity contribution in [2.24, 2.45) is 0 Å². The molecule has 0 saturated carbocycles. The van der Waals surface area contributed by atoms with Gasteiger partial charge in [-0.15, -0.1) is 0 Å². The highest BCUT2D eigenvalue weighted by molar-refractivity contribution is 5.25. The molecule has 2 rings (SSSR count). The average Bonchev–Trinajstić information content (AvgIpc) is 2.58. The molecule has 1 heteroatoms. The summed E-state index contributed by atoms with van der Waals surface area (Å²) >= 11 is 0. The molecular weight excluding hydrogens is 146 g/mol. The molecule has 1 aromatic rings. The Hall–Kier alpha value is -0.820. The molecule has 0 radical (unpaired) electrons. The molecule has 1 aromatic carbocycles. The van der Waals surface area contributed by atoms with Crippen molar-refractivity contribution in [3.05, 3.63) is 35.4 Å². The topological polar surface area (TPSA) is 12.0 Å². The molecule has 1 aliphatic rings. The summed E-state index contributed by atoms with van der Waals surface area (Å²) in [7, 11) is 0. The van der Waals surface area contributed by atoms with Crippen molar-refractivity contribution < 1.29 is 0 Å². The van der Waals surface area contributed by atoms with E-state index in [1.807, 2.05) is 0 Å². The van der Waals surface area contributed by atoms with Crippen LogP contribution in [0, 0.1) is 6.92 Å². The second kappa shape index (κ2) is 3.28. The van der Waals surface area contributed by atoms with Crippen LogP contribution in [0.4, 0.5) is 0 Å². The Bertz CT molecular complexity index is 244. The lowest BCUT2D eigenvalue weighted by Gasteiger charge is -2.07. The summed E-state index contributed by atoms with van der Waals surface area (Å²) in [5.74, 6) is 0.755. The maximum atomic E-state index is 3.39. The Morgan fingerprint density at radius 3 is 2.58 bits per heavy atom. The van der Waals surface area contributed by atoms with Crippen LogP contribution in [0.5, 0.6) is 0 Å². The van der Waals surface area contributed by atoms with Gasteiger partial charge in [-0.3, -0.25) is 0 Å². The van der Waals surface area contributed by atoms with Gasteiger partial charge in [0.15, 0.2) is 0 Å². The first-order valence-electron chi connectivity index (χ1n) is 4.63. The first-order chi connectivity index (χ1) is 5.86. The maximum Gasteiger partial charge on any atom is 0.00206 e. The molecule has 0 aromatic heterocycles. The highest BCUT2D eigenvalue weighted by Gasteiger charge is 2.15. The van der Waals surface area contributed by atoms with Gasteiger partial charge >= 0.3 is 0 Å². The molecule has 0 spiro atoms. The average molecular weight is 161 g/mol. The summed E-state index contributed by atoms with van der Waals surface area (Å²) < 4.78 is 0. The predicted octanol–water partition coefficient (Wildman–Crippen LogP) is 2.07. The monoisotopic (exact) mass is 161 g/mol. The number of hydrogen-bond acceptors (Lipinski definition) is 1. The van der Waals surface area contributed by atoms with Gasteiger partial charge in [0.25, 0.3) is 0 Å². The van der Waals surface area contributed by atoms with Crippen molar-refractivity contribution in [3.63, 3.8) is 0 Å². The molecule has 1 atom stereocenters. The zero-order chi connectivity index (χ0) is 8.39. The van der Waals surface area contributed by atoms with Crippen molar-refractivity contribution in [1.29, 1.82) is 0 Å². The van der Waals surface area contributed by atoms with Gasteiger partial charge in [0.05, 0.1) is 0 Å². The maximum absolute atomic E-state index is 3.39. The van der Waals surface area contributed by atoms with Crippen LogP contribution in [0.2, 0.25) is 0 Å². The minimum atomic E-state index is 0.755. The minimum absolute atomic E-state index is 0.755. The van der Waals surface area contributed by atoms with Gasteiger partial charge in [-0.2, -0.15) is 0 Å². The van der Waals surface area contributed by atoms with E-state index in [2.05, 4.69) is 36.5 Å². The van der Waals surface area contributed by atoms with Crippen LogP contribution in [-0.2, 0) is 0 Å². The fourth-order valence-electron chi connectivity index (χ4n) is 1.78. The zero-order valence-corrected chi connectivity index (χ0v) is 7.51. The Labute approximate surface area is 73.8 Å². The number of benzene rings is 1. The number of aryl methyl sites for hydroxylation is 1. The second-order valence-corrected chi connectivity index (χ2v) is 3.60. The quantitative estimate of drug-likeness (QED) is 0.665. The number of nitrogens with one attached hydrogen (secondary N) is 1. The molecule has 1 unspecified atom stereocenters.